The van der Waals surface area contributed by atoms with Crippen molar-refractivity contribution in [2.45, 2.75) is 76.7 Å². The van der Waals surface area contributed by atoms with Gasteiger partial charge in [-0.05, 0) is 123 Å². The van der Waals surface area contributed by atoms with Crippen LogP contribution in [0, 0.1) is 23.7 Å². The highest BCUT2D eigenvalue weighted by Gasteiger charge is 2.46. The number of hydrogen-bond acceptors (Lipinski definition) is 10. The molecule has 4 bridgehead atoms. The first-order valence-electron chi connectivity index (χ1n) is 21.5. The Balaban J connectivity index is 1.06. The lowest BCUT2D eigenvalue weighted by atomic mass is 9.72. The molecule has 3 aromatic heterocycles. The molecule has 6 aromatic rings. The molecular weight excluding hydrogens is 725 g/mol. The quantitative estimate of drug-likeness (QED) is 0.120. The van der Waals surface area contributed by atoms with Crippen LogP contribution in [0.2, 0.25) is 0 Å². The average Bonchev–Trinajstić information content (AvgIpc) is 3.29. The average molecular weight is 779 g/mol. The van der Waals surface area contributed by atoms with Crippen molar-refractivity contribution in [3.63, 3.8) is 0 Å². The van der Waals surface area contributed by atoms with Crippen LogP contribution in [0.1, 0.15) is 75.7 Å². The van der Waals surface area contributed by atoms with Crippen molar-refractivity contribution in [3.05, 3.63) is 96.3 Å². The summed E-state index contributed by atoms with van der Waals surface area (Å²) in [7, 11) is 3.42. The zero-order chi connectivity index (χ0) is 39.3. The molecule has 3 aromatic carbocycles. The van der Waals surface area contributed by atoms with Crippen LogP contribution in [0.5, 0.6) is 23.3 Å². The number of methoxy groups -OCH3 is 2. The fourth-order valence-electron chi connectivity index (χ4n) is 11.1. The minimum atomic E-state index is -0.300. The summed E-state index contributed by atoms with van der Waals surface area (Å²) < 4.78 is 26.0. The topological polar surface area (TPSA) is 95.0 Å². The normalized spacial score (nSPS) is 27.4. The Morgan fingerprint density at radius 2 is 1.07 bits per heavy atom. The molecule has 9 heterocycles. The Bertz CT molecular complexity index is 2280. The van der Waals surface area contributed by atoms with E-state index in [1.807, 2.05) is 36.7 Å². The molecule has 6 aliphatic heterocycles. The van der Waals surface area contributed by atoms with Gasteiger partial charge in [-0.3, -0.25) is 19.8 Å². The SMILES string of the molecule is CC[C@H]1CN2CC[C@@H]1C[C@@H]2[C@@H](Oc1nnc(O[C@@H](c2ccnc3ccc(OC)cc23)[C@H]2C[C@@H]3CCN2C[C@@H]3CC)c2ccccc12)c1ccnc2ccc(OC)cc12. The van der Waals surface area contributed by atoms with E-state index < -0.39 is 0 Å². The highest BCUT2D eigenvalue weighted by atomic mass is 16.5. The van der Waals surface area contributed by atoms with E-state index in [1.165, 1.54) is 25.7 Å². The summed E-state index contributed by atoms with van der Waals surface area (Å²) in [5.74, 6) is 5.39. The third-order valence-electron chi connectivity index (χ3n) is 14.3. The van der Waals surface area contributed by atoms with E-state index in [2.05, 4.69) is 72.2 Å². The van der Waals surface area contributed by atoms with Gasteiger partial charge in [0.25, 0.3) is 0 Å². The number of ether oxygens (including phenoxy) is 4. The van der Waals surface area contributed by atoms with Gasteiger partial charge in [0, 0.05) is 47.4 Å². The number of benzene rings is 3. The Labute approximate surface area is 340 Å². The number of fused-ring (bicyclic) bond motifs is 9. The monoisotopic (exact) mass is 778 g/mol. The summed E-state index contributed by atoms with van der Waals surface area (Å²) in [5.41, 5.74) is 4.01. The van der Waals surface area contributed by atoms with Gasteiger partial charge in [-0.25, -0.2) is 0 Å². The lowest BCUT2D eigenvalue weighted by Gasteiger charge is -2.52. The molecule has 2 unspecified atom stereocenters. The van der Waals surface area contributed by atoms with Crippen LogP contribution in [0.15, 0.2) is 85.2 Å². The third-order valence-corrected chi connectivity index (χ3v) is 14.3. The molecule has 58 heavy (non-hydrogen) atoms. The van der Waals surface area contributed by atoms with Gasteiger partial charge >= 0.3 is 0 Å². The van der Waals surface area contributed by atoms with Crippen molar-refractivity contribution in [3.8, 4) is 23.3 Å². The molecule has 0 amide bonds. The summed E-state index contributed by atoms with van der Waals surface area (Å²) >= 11 is 0. The first kappa shape index (κ1) is 37.2. The van der Waals surface area contributed by atoms with Crippen molar-refractivity contribution in [1.29, 1.82) is 0 Å². The molecule has 6 aliphatic rings. The summed E-state index contributed by atoms with van der Waals surface area (Å²) in [6.07, 6.45) is 10.2. The number of hydrogen-bond donors (Lipinski definition) is 0. The maximum atomic E-state index is 7.30. The minimum Gasteiger partial charge on any atom is -0.497 e. The van der Waals surface area contributed by atoms with Crippen LogP contribution in [0.3, 0.4) is 0 Å². The molecule has 10 atom stereocenters. The Morgan fingerprint density at radius 1 is 0.603 bits per heavy atom. The second kappa shape index (κ2) is 15.6. The Morgan fingerprint density at radius 3 is 1.47 bits per heavy atom. The summed E-state index contributed by atoms with van der Waals surface area (Å²) in [4.78, 5) is 14.8. The van der Waals surface area contributed by atoms with Crippen molar-refractivity contribution in [1.82, 2.24) is 30.0 Å². The second-order valence-electron chi connectivity index (χ2n) is 17.0. The summed E-state index contributed by atoms with van der Waals surface area (Å²) in [6.45, 7) is 9.00. The van der Waals surface area contributed by atoms with Gasteiger partial charge in [0.05, 0.1) is 48.1 Å². The molecule has 300 valence electrons. The standard InChI is InChI=1S/C48H54N6O4/c1-5-29-27-53-21-17-31(29)23-43(53)45(35-15-19-49-41-13-11-33(55-3)25-39(35)41)57-47-37-9-7-8-10-38(37)48(52-51-47)58-46(44-24-32-18-22-54(44)28-30(32)6-2)36-16-20-50-42-14-12-34(56-4)26-40(36)42/h7-16,19-20,25-26,29-32,43-46H,5-6,17-18,21-24,27-28H2,1-4H3/t29-,30-,31-,32+,43+,44+,45-,46-/m0/s1. The van der Waals surface area contributed by atoms with E-state index in [0.29, 0.717) is 35.4 Å². The highest BCUT2D eigenvalue weighted by Crippen LogP contribution is 2.47. The largest absolute Gasteiger partial charge is 0.497 e. The van der Waals surface area contributed by atoms with Crippen LogP contribution in [-0.4, -0.2) is 82.4 Å². The first-order valence-corrected chi connectivity index (χ1v) is 21.5. The van der Waals surface area contributed by atoms with Gasteiger partial charge in [-0.15, -0.1) is 10.2 Å². The molecule has 12 rings (SSSR count). The van der Waals surface area contributed by atoms with Crippen LogP contribution < -0.4 is 18.9 Å². The van der Waals surface area contributed by atoms with Gasteiger partial charge in [0.15, 0.2) is 0 Å². The molecule has 10 heteroatoms. The summed E-state index contributed by atoms with van der Waals surface area (Å²) in [6, 6.07) is 25.1. The second-order valence-corrected chi connectivity index (χ2v) is 17.0. The molecule has 0 spiro atoms. The van der Waals surface area contributed by atoms with E-state index in [4.69, 9.17) is 39.1 Å². The van der Waals surface area contributed by atoms with Gasteiger partial charge < -0.3 is 18.9 Å². The molecular formula is C48H54N6O4. The van der Waals surface area contributed by atoms with Crippen molar-refractivity contribution in [2.24, 2.45) is 23.7 Å². The number of piperidine rings is 6. The lowest BCUT2D eigenvalue weighted by Crippen LogP contribution is -2.56. The number of pyridine rings is 2. The van der Waals surface area contributed by atoms with E-state index in [-0.39, 0.29) is 24.3 Å². The zero-order valence-corrected chi connectivity index (χ0v) is 34.1. The molecule has 6 fully saturated rings. The van der Waals surface area contributed by atoms with E-state index in [1.54, 1.807) is 14.2 Å². The smallest absolute Gasteiger partial charge is 0.242 e. The maximum absolute atomic E-state index is 7.30. The van der Waals surface area contributed by atoms with Gasteiger partial charge in [-0.2, -0.15) is 0 Å². The predicted molar refractivity (Wildman–Crippen MR) is 227 cm³/mol. The van der Waals surface area contributed by atoms with Crippen LogP contribution in [0.25, 0.3) is 32.6 Å². The van der Waals surface area contributed by atoms with Crippen LogP contribution in [0.4, 0.5) is 0 Å². The van der Waals surface area contributed by atoms with Gasteiger partial charge in [0.2, 0.25) is 11.8 Å². The molecule has 6 saturated heterocycles. The fraction of sp³-hybridized carbons (Fsp3) is 0.458. The minimum absolute atomic E-state index is 0.180. The number of aromatic nitrogens is 4. The first-order chi connectivity index (χ1) is 28.5. The van der Waals surface area contributed by atoms with Gasteiger partial charge in [0.1, 0.15) is 23.7 Å². The molecule has 0 N–H and O–H groups in total. The third kappa shape index (κ3) is 6.58. The summed E-state index contributed by atoms with van der Waals surface area (Å²) in [5, 5.41) is 13.7. The molecule has 0 radical (unpaired) electrons. The number of rotatable bonds is 12. The zero-order valence-electron chi connectivity index (χ0n) is 34.1. The number of nitrogens with zero attached hydrogens (tertiary/aromatic N) is 6. The van der Waals surface area contributed by atoms with E-state index in [0.717, 1.165) is 94.2 Å². The predicted octanol–water partition coefficient (Wildman–Crippen LogP) is 9.22. The Hall–Kier alpha value is -5.06. The van der Waals surface area contributed by atoms with Gasteiger partial charge in [-0.1, -0.05) is 38.8 Å². The maximum Gasteiger partial charge on any atom is 0.242 e. The lowest BCUT2D eigenvalue weighted by molar-refractivity contribution is -0.0505. The Kier molecular flexibility index (Phi) is 10.0. The van der Waals surface area contributed by atoms with Crippen molar-refractivity contribution >= 4 is 32.6 Å². The molecule has 0 saturated carbocycles. The van der Waals surface area contributed by atoms with Crippen molar-refractivity contribution < 1.29 is 18.9 Å². The van der Waals surface area contributed by atoms with Crippen molar-refractivity contribution in [2.75, 3.05) is 40.4 Å². The molecule has 0 aliphatic carbocycles. The van der Waals surface area contributed by atoms with Crippen LogP contribution in [-0.2, 0) is 0 Å². The fourth-order valence-corrected chi connectivity index (χ4v) is 11.1. The highest BCUT2D eigenvalue weighted by molar-refractivity contribution is 5.91. The van der Waals surface area contributed by atoms with Crippen LogP contribution >= 0.6 is 0 Å². The van der Waals surface area contributed by atoms with E-state index >= 15 is 0 Å². The molecule has 10 nitrogen and oxygen atoms in total. The van der Waals surface area contributed by atoms with E-state index in [9.17, 15) is 0 Å².